The normalized spacial score (nSPS) is 43.1. The molecule has 0 bridgehead atoms. The van der Waals surface area contributed by atoms with E-state index in [4.69, 9.17) is 33.2 Å². The van der Waals surface area contributed by atoms with E-state index in [1.165, 1.54) is 0 Å². The van der Waals surface area contributed by atoms with Crippen LogP contribution in [-0.2, 0) is 57.1 Å². The molecule has 20 atom stereocenters. The molecule has 332 valence electrons. The van der Waals surface area contributed by atoms with E-state index in [2.05, 4.69) is 21.3 Å². The van der Waals surface area contributed by atoms with Crippen LogP contribution in [0.25, 0.3) is 0 Å². The molecule has 4 saturated heterocycles. The Hall–Kier alpha value is -3.29. The van der Waals surface area contributed by atoms with Crippen LogP contribution < -0.4 is 21.3 Å². The summed E-state index contributed by atoms with van der Waals surface area (Å²) in [4.78, 5) is 63.3. The monoisotopic (exact) mass is 844 g/mol. The second-order valence-corrected chi connectivity index (χ2v) is 14.1. The van der Waals surface area contributed by atoms with Gasteiger partial charge in [0.1, 0.15) is 91.3 Å². The Kier molecular flexibility index (Phi) is 16.6. The molecule has 1 unspecified atom stereocenters. The third-order valence-electron chi connectivity index (χ3n) is 9.74. The fourth-order valence-corrected chi connectivity index (χ4v) is 6.98. The summed E-state index contributed by atoms with van der Waals surface area (Å²) in [5, 5.41) is 115. The van der Waals surface area contributed by atoms with Crippen LogP contribution in [0.3, 0.4) is 0 Å². The Morgan fingerprint density at radius 2 is 0.793 bits per heavy atom. The Bertz CT molecular complexity index is 1450. The molecule has 58 heavy (non-hydrogen) atoms. The Morgan fingerprint density at radius 1 is 0.466 bits per heavy atom. The number of hydrogen-bond acceptors (Lipinski definition) is 22. The zero-order valence-corrected chi connectivity index (χ0v) is 31.5. The largest absolute Gasteiger partial charge is 0.431 e. The SMILES string of the molecule is CC(=O)N[C@H]1[C@H](OC(=O)[C@H]2OC(O)[C@H](NC(C)=O)[C@@H](O[C@@H]3O[C@H](CO)[C@@H](O)[C@H](O)[C@H]3NC(C)=O)[C@H]2O[C@@H]2O[C@H](CO)[C@@H](O)[C@H](O)[C@H]2NC(C)=O)O[C@H](CO)[C@@H](O)[C@@H]1O. The van der Waals surface area contributed by atoms with Crippen LogP contribution in [0.5, 0.6) is 0 Å². The van der Waals surface area contributed by atoms with Gasteiger partial charge < -0.3 is 105 Å². The number of aliphatic hydroxyl groups is 10. The number of rotatable bonds is 13. The second kappa shape index (κ2) is 20.3. The number of aliphatic hydroxyl groups excluding tert-OH is 10. The summed E-state index contributed by atoms with van der Waals surface area (Å²) in [6.07, 6.45) is -30.6. The van der Waals surface area contributed by atoms with Crippen LogP contribution in [0.15, 0.2) is 0 Å². The van der Waals surface area contributed by atoms with Crippen molar-refractivity contribution in [1.82, 2.24) is 21.3 Å². The Balaban J connectivity index is 1.85. The summed E-state index contributed by atoms with van der Waals surface area (Å²) in [7, 11) is 0. The third-order valence-corrected chi connectivity index (χ3v) is 9.74. The fourth-order valence-electron chi connectivity index (χ4n) is 6.98. The summed E-state index contributed by atoms with van der Waals surface area (Å²) in [6.45, 7) is 1.29. The van der Waals surface area contributed by atoms with E-state index in [0.717, 1.165) is 27.7 Å². The van der Waals surface area contributed by atoms with Crippen molar-refractivity contribution in [2.75, 3.05) is 19.8 Å². The summed E-state index contributed by atoms with van der Waals surface area (Å²) in [5.74, 6) is -4.82. The summed E-state index contributed by atoms with van der Waals surface area (Å²) in [5.41, 5.74) is 0. The van der Waals surface area contributed by atoms with Gasteiger partial charge in [0.2, 0.25) is 29.9 Å². The van der Waals surface area contributed by atoms with E-state index in [0.29, 0.717) is 0 Å². The molecule has 26 heteroatoms. The lowest BCUT2D eigenvalue weighted by atomic mass is 9.93. The first-order valence-corrected chi connectivity index (χ1v) is 18.0. The van der Waals surface area contributed by atoms with Crippen LogP contribution in [0, 0.1) is 0 Å². The molecule has 4 fully saturated rings. The fraction of sp³-hybridized carbons (Fsp3) is 0.844. The minimum atomic E-state index is -2.31. The standard InChI is InChI=1S/C32H52N4O22/c1-8(40)33-15-22(47)19(44)12(5-37)52-30(15)56-25-18(36-11(4)43)28(50)55-27(26(25)57-31-16(34-9(2)41)23(48)20(45)13(6-38)53-31)29(51)58-32-17(35-10(3)42)24(49)21(46)14(7-39)54-32/h12-28,30-32,37-39,44-50H,5-7H2,1-4H3,(H,33,40)(H,34,41)(H,35,42)(H,36,43)/t12-,13-,14-,15-,16-,17-,18-,19-,20-,21-,22-,23-,24-,25-,26-,27+,28?,30+,31+,32+/m1/s1. The van der Waals surface area contributed by atoms with Gasteiger partial charge in [0.25, 0.3) is 0 Å². The zero-order chi connectivity index (χ0) is 43.3. The van der Waals surface area contributed by atoms with Gasteiger partial charge in [0, 0.05) is 27.7 Å². The highest BCUT2D eigenvalue weighted by molar-refractivity contribution is 5.77. The molecule has 0 spiro atoms. The summed E-state index contributed by atoms with van der Waals surface area (Å²) in [6, 6.07) is -6.90. The van der Waals surface area contributed by atoms with Crippen LogP contribution in [0.4, 0.5) is 0 Å². The molecule has 4 rings (SSSR count). The van der Waals surface area contributed by atoms with E-state index in [9.17, 15) is 75.0 Å². The molecule has 4 amide bonds. The van der Waals surface area contributed by atoms with Crippen molar-refractivity contribution in [3.63, 3.8) is 0 Å². The quantitative estimate of drug-likeness (QED) is 0.0765. The number of esters is 1. The van der Waals surface area contributed by atoms with Gasteiger partial charge in [-0.3, -0.25) is 19.2 Å². The molecule has 0 aromatic heterocycles. The van der Waals surface area contributed by atoms with E-state index in [-0.39, 0.29) is 0 Å². The lowest BCUT2D eigenvalue weighted by Crippen LogP contribution is -2.72. The molecule has 0 aliphatic carbocycles. The summed E-state index contributed by atoms with van der Waals surface area (Å²) < 4.78 is 40.2. The lowest BCUT2D eigenvalue weighted by molar-refractivity contribution is -0.353. The number of carbonyl (C=O) groups excluding carboxylic acids is 5. The van der Waals surface area contributed by atoms with Crippen LogP contribution in [-0.4, -0.2) is 223 Å². The molecule has 0 aromatic rings. The Morgan fingerprint density at radius 3 is 1.16 bits per heavy atom. The van der Waals surface area contributed by atoms with E-state index in [1.807, 2.05) is 0 Å². The maximum atomic E-state index is 14.2. The van der Waals surface area contributed by atoms with Crippen LogP contribution in [0.1, 0.15) is 27.7 Å². The van der Waals surface area contributed by atoms with Crippen molar-refractivity contribution in [3.05, 3.63) is 0 Å². The molecule has 4 heterocycles. The van der Waals surface area contributed by atoms with Gasteiger partial charge in [-0.1, -0.05) is 0 Å². The second-order valence-electron chi connectivity index (χ2n) is 14.1. The van der Waals surface area contributed by atoms with Crippen LogP contribution in [0.2, 0.25) is 0 Å². The maximum Gasteiger partial charge on any atom is 0.340 e. The van der Waals surface area contributed by atoms with Crippen molar-refractivity contribution in [2.45, 2.75) is 150 Å². The predicted molar refractivity (Wildman–Crippen MR) is 180 cm³/mol. The van der Waals surface area contributed by atoms with E-state index < -0.39 is 172 Å². The minimum absolute atomic E-state index is 0.790. The number of nitrogens with one attached hydrogen (secondary N) is 4. The van der Waals surface area contributed by atoms with Crippen molar-refractivity contribution in [3.8, 4) is 0 Å². The lowest BCUT2D eigenvalue weighted by Gasteiger charge is -2.50. The third kappa shape index (κ3) is 10.7. The van der Waals surface area contributed by atoms with Crippen molar-refractivity contribution < 1.29 is 108 Å². The predicted octanol–water partition coefficient (Wildman–Crippen LogP) is -9.65. The maximum absolute atomic E-state index is 14.2. The zero-order valence-electron chi connectivity index (χ0n) is 31.5. The Labute approximate surface area is 329 Å². The molecule has 0 saturated carbocycles. The first-order chi connectivity index (χ1) is 27.2. The highest BCUT2D eigenvalue weighted by Crippen LogP contribution is 2.34. The first kappa shape index (κ1) is 47.4. The van der Waals surface area contributed by atoms with Crippen molar-refractivity contribution >= 4 is 29.6 Å². The molecule has 26 nitrogen and oxygen atoms in total. The number of ether oxygens (including phenoxy) is 7. The van der Waals surface area contributed by atoms with Crippen LogP contribution >= 0.6 is 0 Å². The van der Waals surface area contributed by atoms with E-state index in [1.54, 1.807) is 0 Å². The highest BCUT2D eigenvalue weighted by Gasteiger charge is 2.58. The van der Waals surface area contributed by atoms with Gasteiger partial charge in [0.15, 0.2) is 25.0 Å². The average molecular weight is 845 g/mol. The molecular weight excluding hydrogens is 792 g/mol. The molecule has 14 N–H and O–H groups in total. The van der Waals surface area contributed by atoms with Gasteiger partial charge in [-0.25, -0.2) is 4.79 Å². The van der Waals surface area contributed by atoms with Gasteiger partial charge in [-0.15, -0.1) is 0 Å². The minimum Gasteiger partial charge on any atom is -0.431 e. The molecule has 0 radical (unpaired) electrons. The van der Waals surface area contributed by atoms with Gasteiger partial charge in [-0.05, 0) is 0 Å². The number of carbonyl (C=O) groups is 5. The number of amides is 4. The van der Waals surface area contributed by atoms with Crippen molar-refractivity contribution in [2.24, 2.45) is 0 Å². The molecular formula is C32H52N4O22. The highest BCUT2D eigenvalue weighted by atomic mass is 16.8. The topological polar surface area (TPSA) is 400 Å². The van der Waals surface area contributed by atoms with Gasteiger partial charge >= 0.3 is 5.97 Å². The molecule has 0 aromatic carbocycles. The summed E-state index contributed by atoms with van der Waals surface area (Å²) >= 11 is 0. The van der Waals surface area contributed by atoms with Gasteiger partial charge in [-0.2, -0.15) is 0 Å². The van der Waals surface area contributed by atoms with Crippen molar-refractivity contribution in [1.29, 1.82) is 0 Å². The smallest absolute Gasteiger partial charge is 0.340 e. The number of hydrogen-bond donors (Lipinski definition) is 14. The first-order valence-electron chi connectivity index (χ1n) is 18.0. The molecule has 4 aliphatic rings. The molecule has 4 aliphatic heterocycles. The van der Waals surface area contributed by atoms with Gasteiger partial charge in [0.05, 0.1) is 19.8 Å². The average Bonchev–Trinajstić information content (AvgIpc) is 3.15. The van der Waals surface area contributed by atoms with E-state index >= 15 is 0 Å².